The minimum Gasteiger partial charge on any atom is -0.349 e. The van der Waals surface area contributed by atoms with Crippen LogP contribution in [0.2, 0.25) is 0 Å². The van der Waals surface area contributed by atoms with Crippen LogP contribution in [0.3, 0.4) is 0 Å². The number of rotatable bonds is 5. The van der Waals surface area contributed by atoms with E-state index in [1.165, 1.54) is 0 Å². The van der Waals surface area contributed by atoms with Crippen molar-refractivity contribution in [3.63, 3.8) is 0 Å². The van der Waals surface area contributed by atoms with E-state index in [0.29, 0.717) is 17.9 Å². The summed E-state index contributed by atoms with van der Waals surface area (Å²) >= 11 is 0. The quantitative estimate of drug-likeness (QED) is 0.820. The van der Waals surface area contributed by atoms with E-state index in [2.05, 4.69) is 46.3 Å². The van der Waals surface area contributed by atoms with Crippen molar-refractivity contribution in [2.24, 2.45) is 5.41 Å². The zero-order chi connectivity index (χ0) is 13.8. The Hall–Kier alpha value is -1.43. The summed E-state index contributed by atoms with van der Waals surface area (Å²) < 4.78 is 4.58. The molecule has 0 fully saturated rings. The van der Waals surface area contributed by atoms with Gasteiger partial charge in [0.05, 0.1) is 12.6 Å². The summed E-state index contributed by atoms with van der Waals surface area (Å²) in [5.41, 5.74) is 1.46. The van der Waals surface area contributed by atoms with Gasteiger partial charge >= 0.3 is 0 Å². The zero-order valence-corrected chi connectivity index (χ0v) is 11.7. The maximum Gasteiger partial charge on any atom is 0.237 e. The van der Waals surface area contributed by atoms with Gasteiger partial charge in [0.1, 0.15) is 11.4 Å². The van der Waals surface area contributed by atoms with Crippen molar-refractivity contribution < 1.29 is 9.42 Å². The standard InChI is InChI=1S/C12H22N4O2/c1-8-10(16-18-15-8)7-14-11(17)9(13-5)6-12(2,3)4/h9,13H,6-7H2,1-5H3,(H,14,17). The van der Waals surface area contributed by atoms with Gasteiger partial charge in [0.2, 0.25) is 5.91 Å². The number of likely N-dealkylation sites (N-methyl/N-ethyl adjacent to an activating group) is 1. The van der Waals surface area contributed by atoms with Crippen molar-refractivity contribution in [2.45, 2.75) is 46.7 Å². The number of hydrogen-bond donors (Lipinski definition) is 2. The van der Waals surface area contributed by atoms with Crippen molar-refractivity contribution in [3.8, 4) is 0 Å². The number of amides is 1. The molecule has 2 N–H and O–H groups in total. The molecule has 1 unspecified atom stereocenters. The number of aryl methyl sites for hydroxylation is 1. The molecule has 18 heavy (non-hydrogen) atoms. The highest BCUT2D eigenvalue weighted by molar-refractivity contribution is 5.81. The van der Waals surface area contributed by atoms with E-state index < -0.39 is 0 Å². The molecule has 1 aromatic rings. The van der Waals surface area contributed by atoms with E-state index in [4.69, 9.17) is 0 Å². The fraction of sp³-hybridized carbons (Fsp3) is 0.750. The number of hydrogen-bond acceptors (Lipinski definition) is 5. The molecule has 0 aliphatic rings. The SMILES string of the molecule is CNC(CC(C)(C)C)C(=O)NCc1nonc1C. The molecule has 1 amide bonds. The summed E-state index contributed by atoms with van der Waals surface area (Å²) in [4.78, 5) is 12.0. The lowest BCUT2D eigenvalue weighted by Gasteiger charge is -2.24. The molecule has 0 radical (unpaired) electrons. The van der Waals surface area contributed by atoms with E-state index in [9.17, 15) is 4.79 Å². The lowest BCUT2D eigenvalue weighted by atomic mass is 9.88. The second-order valence-corrected chi connectivity index (χ2v) is 5.62. The average molecular weight is 254 g/mol. The predicted molar refractivity (Wildman–Crippen MR) is 67.8 cm³/mol. The van der Waals surface area contributed by atoms with Crippen LogP contribution in [-0.4, -0.2) is 29.3 Å². The molecule has 0 saturated heterocycles. The fourth-order valence-corrected chi connectivity index (χ4v) is 1.64. The van der Waals surface area contributed by atoms with Gasteiger partial charge in [0, 0.05) is 0 Å². The van der Waals surface area contributed by atoms with Crippen molar-refractivity contribution in [1.29, 1.82) is 0 Å². The molecule has 0 spiro atoms. The first-order valence-electron chi connectivity index (χ1n) is 6.06. The van der Waals surface area contributed by atoms with E-state index >= 15 is 0 Å². The molecule has 0 bridgehead atoms. The van der Waals surface area contributed by atoms with Crippen LogP contribution in [0.15, 0.2) is 4.63 Å². The third-order valence-electron chi connectivity index (χ3n) is 2.66. The summed E-state index contributed by atoms with van der Waals surface area (Å²) in [6.45, 7) is 8.46. The van der Waals surface area contributed by atoms with Gasteiger partial charge in [0.15, 0.2) is 0 Å². The molecule has 6 nitrogen and oxygen atoms in total. The normalized spacial score (nSPS) is 13.4. The summed E-state index contributed by atoms with van der Waals surface area (Å²) in [6.07, 6.45) is 0.769. The maximum absolute atomic E-state index is 12.0. The molecule has 6 heteroatoms. The molecular formula is C12H22N4O2. The Morgan fingerprint density at radius 3 is 2.50 bits per heavy atom. The molecule has 0 aromatic carbocycles. The number of nitrogens with zero attached hydrogens (tertiary/aromatic N) is 2. The Morgan fingerprint density at radius 2 is 2.06 bits per heavy atom. The van der Waals surface area contributed by atoms with Crippen molar-refractivity contribution in [3.05, 3.63) is 11.4 Å². The van der Waals surface area contributed by atoms with Crippen LogP contribution in [0.4, 0.5) is 0 Å². The first-order chi connectivity index (χ1) is 8.33. The summed E-state index contributed by atoms with van der Waals surface area (Å²) in [7, 11) is 1.79. The van der Waals surface area contributed by atoms with Gasteiger partial charge in [-0.25, -0.2) is 4.63 Å². The predicted octanol–water partition coefficient (Wildman–Crippen LogP) is 1.02. The Labute approximate surface area is 107 Å². The van der Waals surface area contributed by atoms with E-state index in [-0.39, 0.29) is 17.4 Å². The van der Waals surface area contributed by atoms with Crippen molar-refractivity contribution in [2.75, 3.05) is 7.05 Å². The number of carbonyl (C=O) groups is 1. The summed E-state index contributed by atoms with van der Waals surface area (Å²) in [5.74, 6) is -0.0326. The van der Waals surface area contributed by atoms with Gasteiger partial charge in [-0.3, -0.25) is 4.79 Å². The van der Waals surface area contributed by atoms with Crippen molar-refractivity contribution in [1.82, 2.24) is 20.9 Å². The molecule has 1 aromatic heterocycles. The lowest BCUT2D eigenvalue weighted by Crippen LogP contribution is -2.44. The van der Waals surface area contributed by atoms with E-state index in [1.807, 2.05) is 0 Å². The zero-order valence-electron chi connectivity index (χ0n) is 11.7. The third-order valence-corrected chi connectivity index (χ3v) is 2.66. The molecule has 1 heterocycles. The van der Waals surface area contributed by atoms with E-state index in [1.54, 1.807) is 14.0 Å². The number of nitrogens with one attached hydrogen (secondary N) is 2. The van der Waals surface area contributed by atoms with Gasteiger partial charge in [-0.15, -0.1) is 0 Å². The fourth-order valence-electron chi connectivity index (χ4n) is 1.64. The number of carbonyl (C=O) groups excluding carboxylic acids is 1. The molecule has 0 aliphatic heterocycles. The van der Waals surface area contributed by atoms with Crippen molar-refractivity contribution >= 4 is 5.91 Å². The van der Waals surface area contributed by atoms with Gasteiger partial charge < -0.3 is 10.6 Å². The first-order valence-corrected chi connectivity index (χ1v) is 6.06. The van der Waals surface area contributed by atoms with Crippen LogP contribution >= 0.6 is 0 Å². The summed E-state index contributed by atoms with van der Waals surface area (Å²) in [6, 6.07) is -0.204. The first kappa shape index (κ1) is 14.6. The Morgan fingerprint density at radius 1 is 1.39 bits per heavy atom. The smallest absolute Gasteiger partial charge is 0.237 e. The van der Waals surface area contributed by atoms with Crippen LogP contribution in [0.25, 0.3) is 0 Å². The van der Waals surface area contributed by atoms with E-state index in [0.717, 1.165) is 6.42 Å². The maximum atomic E-state index is 12.0. The Kier molecular flexibility index (Phi) is 4.84. The largest absolute Gasteiger partial charge is 0.349 e. The highest BCUT2D eigenvalue weighted by Gasteiger charge is 2.23. The lowest BCUT2D eigenvalue weighted by molar-refractivity contribution is -0.123. The second kappa shape index (κ2) is 5.95. The molecular weight excluding hydrogens is 232 g/mol. The molecule has 0 saturated carbocycles. The molecule has 0 aliphatic carbocycles. The topological polar surface area (TPSA) is 80.0 Å². The highest BCUT2D eigenvalue weighted by atomic mass is 16.6. The Balaban J connectivity index is 2.51. The average Bonchev–Trinajstić information content (AvgIpc) is 2.67. The van der Waals surface area contributed by atoms with Gasteiger partial charge in [0.25, 0.3) is 0 Å². The number of aromatic nitrogens is 2. The Bertz CT molecular complexity index is 395. The van der Waals surface area contributed by atoms with Crippen LogP contribution in [0.1, 0.15) is 38.6 Å². The minimum atomic E-state index is -0.204. The second-order valence-electron chi connectivity index (χ2n) is 5.62. The van der Waals surface area contributed by atoms with Crippen LogP contribution < -0.4 is 10.6 Å². The van der Waals surface area contributed by atoms with Gasteiger partial charge in [-0.2, -0.15) is 0 Å². The molecule has 1 atom stereocenters. The molecule has 1 rings (SSSR count). The summed E-state index contributed by atoms with van der Waals surface area (Å²) in [5, 5.41) is 13.3. The third kappa shape index (κ3) is 4.44. The van der Waals surface area contributed by atoms with Crippen LogP contribution in [0.5, 0.6) is 0 Å². The minimum absolute atomic E-state index is 0.0326. The highest BCUT2D eigenvalue weighted by Crippen LogP contribution is 2.20. The van der Waals surface area contributed by atoms with Crippen LogP contribution in [-0.2, 0) is 11.3 Å². The van der Waals surface area contributed by atoms with Crippen LogP contribution in [0, 0.1) is 12.3 Å². The monoisotopic (exact) mass is 254 g/mol. The molecule has 102 valence electrons. The van der Waals surface area contributed by atoms with Gasteiger partial charge in [-0.05, 0) is 25.8 Å². The van der Waals surface area contributed by atoms with Gasteiger partial charge in [-0.1, -0.05) is 31.1 Å².